The van der Waals surface area contributed by atoms with Crippen molar-refractivity contribution in [1.82, 2.24) is 0 Å². The maximum absolute atomic E-state index is 5.11. The van der Waals surface area contributed by atoms with E-state index in [0.29, 0.717) is 6.61 Å². The first-order chi connectivity index (χ1) is 4.27. The molecule has 0 heterocycles. The molecule has 0 aliphatic carbocycles. The van der Waals surface area contributed by atoms with Gasteiger partial charge in [0.05, 0.1) is 13.2 Å². The molecule has 0 fully saturated rings. The van der Waals surface area contributed by atoms with Crippen molar-refractivity contribution < 1.29 is 4.74 Å². The van der Waals surface area contributed by atoms with Gasteiger partial charge in [0, 0.05) is 0 Å². The van der Waals surface area contributed by atoms with Crippen molar-refractivity contribution in [2.75, 3.05) is 6.61 Å². The predicted molar refractivity (Wildman–Crippen MR) is 40.0 cm³/mol. The van der Waals surface area contributed by atoms with Crippen molar-refractivity contribution in [3.05, 3.63) is 18.8 Å². The maximum Gasteiger partial charge on any atom is 0.0841 e. The molecule has 9 heavy (non-hydrogen) atoms. The van der Waals surface area contributed by atoms with Crippen molar-refractivity contribution in [3.8, 4) is 0 Å². The van der Waals surface area contributed by atoms with Crippen LogP contribution in [0.4, 0.5) is 0 Å². The van der Waals surface area contributed by atoms with Gasteiger partial charge in [-0.05, 0) is 13.3 Å². The number of hydrogen-bond acceptors (Lipinski definition) is 1. The van der Waals surface area contributed by atoms with Gasteiger partial charge in [0.1, 0.15) is 0 Å². The fraction of sp³-hybridized carbons (Fsp3) is 0.625. The third-order valence-corrected chi connectivity index (χ3v) is 0.854. The Morgan fingerprint density at radius 1 is 1.67 bits per heavy atom. The molecule has 0 saturated heterocycles. The molecule has 0 saturated carbocycles. The summed E-state index contributed by atoms with van der Waals surface area (Å²) in [6.07, 6.45) is 2.18. The summed E-state index contributed by atoms with van der Waals surface area (Å²) in [4.78, 5) is 0. The van der Waals surface area contributed by atoms with E-state index in [1.54, 1.807) is 0 Å². The monoisotopic (exact) mass is 127 g/mol. The first-order valence-electron chi connectivity index (χ1n) is 3.35. The van der Waals surface area contributed by atoms with Crippen LogP contribution in [-0.2, 0) is 4.74 Å². The second-order valence-corrected chi connectivity index (χ2v) is 2.22. The van der Waals surface area contributed by atoms with E-state index in [0.717, 1.165) is 18.4 Å². The Bertz CT molecular complexity index is 76.6. The molecule has 53 valence electrons. The highest BCUT2D eigenvalue weighted by atomic mass is 16.5. The van der Waals surface area contributed by atoms with Crippen molar-refractivity contribution in [2.24, 2.45) is 0 Å². The highest BCUT2D eigenvalue weighted by molar-refractivity contribution is 4.87. The fourth-order valence-corrected chi connectivity index (χ4v) is 0.402. The fourth-order valence-electron chi connectivity index (χ4n) is 0.402. The molecule has 0 N–H and O–H groups in total. The zero-order valence-electron chi connectivity index (χ0n) is 6.31. The second kappa shape index (κ2) is 5.83. The van der Waals surface area contributed by atoms with Crippen LogP contribution in [0.25, 0.3) is 0 Å². The summed E-state index contributed by atoms with van der Waals surface area (Å²) >= 11 is 0. The third kappa shape index (κ3) is 7.70. The largest absolute Gasteiger partial charge is 0.371 e. The zero-order valence-corrected chi connectivity index (χ0v) is 6.31. The Hall–Kier alpha value is -0.300. The third-order valence-electron chi connectivity index (χ3n) is 0.854. The highest BCUT2D eigenvalue weighted by Crippen LogP contribution is 1.96. The summed E-state index contributed by atoms with van der Waals surface area (Å²) < 4.78 is 5.11. The van der Waals surface area contributed by atoms with Gasteiger partial charge >= 0.3 is 0 Å². The van der Waals surface area contributed by atoms with Gasteiger partial charge in [-0.1, -0.05) is 25.5 Å². The van der Waals surface area contributed by atoms with Gasteiger partial charge in [0.25, 0.3) is 0 Å². The quantitative estimate of drug-likeness (QED) is 0.407. The number of hydrogen-bond donors (Lipinski definition) is 0. The molecule has 0 aliphatic rings. The molecular formula is C8H15O. The van der Waals surface area contributed by atoms with E-state index in [2.05, 4.69) is 13.5 Å². The summed E-state index contributed by atoms with van der Waals surface area (Å²) in [7, 11) is 0. The van der Waals surface area contributed by atoms with Crippen LogP contribution in [0, 0.1) is 6.61 Å². The Labute approximate surface area is 57.7 Å². The number of unbranched alkanes of at least 4 members (excludes halogenated alkanes) is 1. The number of rotatable bonds is 5. The highest BCUT2D eigenvalue weighted by Gasteiger charge is 1.86. The molecule has 0 aromatic rings. The Balaban J connectivity index is 2.83. The van der Waals surface area contributed by atoms with E-state index in [-0.39, 0.29) is 0 Å². The zero-order chi connectivity index (χ0) is 7.11. The van der Waals surface area contributed by atoms with Crippen LogP contribution in [0.5, 0.6) is 0 Å². The standard InChI is InChI=1S/C8H15O/c1-4-5-6-9-7-8(2)3/h6H,2,4-5,7H2,1,3H3. The minimum absolute atomic E-state index is 0.667. The average molecular weight is 127 g/mol. The van der Waals surface area contributed by atoms with E-state index in [9.17, 15) is 0 Å². The van der Waals surface area contributed by atoms with Crippen LogP contribution in [-0.4, -0.2) is 6.61 Å². The van der Waals surface area contributed by atoms with Crippen molar-refractivity contribution in [2.45, 2.75) is 26.7 Å². The van der Waals surface area contributed by atoms with Gasteiger partial charge in [-0.3, -0.25) is 0 Å². The van der Waals surface area contributed by atoms with Crippen LogP contribution in [0.1, 0.15) is 26.7 Å². The first-order valence-corrected chi connectivity index (χ1v) is 3.35. The smallest absolute Gasteiger partial charge is 0.0841 e. The molecule has 1 radical (unpaired) electrons. The normalized spacial score (nSPS) is 9.56. The first kappa shape index (κ1) is 8.70. The summed E-state index contributed by atoms with van der Waals surface area (Å²) in [6, 6.07) is 0. The molecule has 0 rings (SSSR count). The van der Waals surface area contributed by atoms with Gasteiger partial charge in [-0.25, -0.2) is 0 Å². The van der Waals surface area contributed by atoms with E-state index in [4.69, 9.17) is 4.74 Å². The molecule has 0 aromatic carbocycles. The van der Waals surface area contributed by atoms with E-state index in [1.165, 1.54) is 0 Å². The molecule has 0 unspecified atom stereocenters. The van der Waals surface area contributed by atoms with Crippen LogP contribution in [0.15, 0.2) is 12.2 Å². The summed E-state index contributed by atoms with van der Waals surface area (Å²) in [5, 5.41) is 0. The lowest BCUT2D eigenvalue weighted by Crippen LogP contribution is -1.90. The molecule has 0 spiro atoms. The Kier molecular flexibility index (Phi) is 5.64. The topological polar surface area (TPSA) is 9.23 Å². The van der Waals surface area contributed by atoms with Gasteiger partial charge in [0.2, 0.25) is 0 Å². The molecule has 1 heteroatoms. The molecule has 0 amide bonds. The van der Waals surface area contributed by atoms with Crippen LogP contribution in [0.3, 0.4) is 0 Å². The minimum atomic E-state index is 0.667. The molecule has 0 aliphatic heterocycles. The lowest BCUT2D eigenvalue weighted by atomic mass is 10.3. The van der Waals surface area contributed by atoms with Crippen molar-refractivity contribution >= 4 is 0 Å². The van der Waals surface area contributed by atoms with E-state index in [1.807, 2.05) is 13.5 Å². The van der Waals surface area contributed by atoms with E-state index < -0.39 is 0 Å². The molecule has 0 bridgehead atoms. The van der Waals surface area contributed by atoms with Gasteiger partial charge < -0.3 is 4.74 Å². The average Bonchev–Trinajstić information content (AvgIpc) is 1.80. The predicted octanol–water partition coefficient (Wildman–Crippen LogP) is 2.54. The van der Waals surface area contributed by atoms with Crippen LogP contribution in [0.2, 0.25) is 0 Å². The Morgan fingerprint density at radius 3 is 2.78 bits per heavy atom. The lowest BCUT2D eigenvalue weighted by molar-refractivity contribution is 0.217. The van der Waals surface area contributed by atoms with Crippen molar-refractivity contribution in [1.29, 1.82) is 0 Å². The summed E-state index contributed by atoms with van der Waals surface area (Å²) in [5.74, 6) is 0. The number of ether oxygens (including phenoxy) is 1. The molecular weight excluding hydrogens is 112 g/mol. The van der Waals surface area contributed by atoms with Gasteiger partial charge in [-0.2, -0.15) is 0 Å². The van der Waals surface area contributed by atoms with Gasteiger partial charge in [0.15, 0.2) is 0 Å². The maximum atomic E-state index is 5.11. The van der Waals surface area contributed by atoms with E-state index >= 15 is 0 Å². The molecule has 0 aromatic heterocycles. The van der Waals surface area contributed by atoms with Crippen LogP contribution < -0.4 is 0 Å². The summed E-state index contributed by atoms with van der Waals surface area (Å²) in [6.45, 7) is 10.3. The van der Waals surface area contributed by atoms with Crippen LogP contribution >= 0.6 is 0 Å². The molecule has 1 nitrogen and oxygen atoms in total. The second-order valence-electron chi connectivity index (χ2n) is 2.22. The Morgan fingerprint density at radius 2 is 2.33 bits per heavy atom. The molecule has 0 atom stereocenters. The SMILES string of the molecule is C=C(C)CO[CH]CCC. The summed E-state index contributed by atoms with van der Waals surface area (Å²) in [5.41, 5.74) is 1.07. The minimum Gasteiger partial charge on any atom is -0.371 e. The lowest BCUT2D eigenvalue weighted by Gasteiger charge is -1.99. The van der Waals surface area contributed by atoms with Crippen molar-refractivity contribution in [3.63, 3.8) is 0 Å². The van der Waals surface area contributed by atoms with Gasteiger partial charge in [-0.15, -0.1) is 0 Å².